The Labute approximate surface area is 506 Å². The highest BCUT2D eigenvalue weighted by atomic mass is 15.2. The van der Waals surface area contributed by atoms with Crippen LogP contribution in [-0.4, -0.2) is 6.85 Å². The SMILES string of the molecule is Cc1cc2c(cc1N1B3c4cccc5c4N(c4ccccc4C5(c4ccccc4)c4ccccc4)c4cc(N(c5ccc(C(C)(C)C)cc5)c5ccc(C(C)(C)C)cc5)cc(c43)-c3c1ccc1c3C(C)(C)c3ccccc3-1)C(C)(C)CCC2(C)C. The predicted molar refractivity (Wildman–Crippen MR) is 362 cm³/mol. The highest BCUT2D eigenvalue weighted by Gasteiger charge is 2.55. The van der Waals surface area contributed by atoms with Gasteiger partial charge in [0, 0.05) is 50.8 Å². The number of benzene rings is 10. The molecule has 0 N–H and O–H groups in total. The van der Waals surface area contributed by atoms with Crippen molar-refractivity contribution >= 4 is 63.3 Å². The average Bonchev–Trinajstić information content (AvgIpc) is 3.05. The Balaban J connectivity index is 1.12. The van der Waals surface area contributed by atoms with Gasteiger partial charge in [0.05, 0.1) is 11.1 Å². The van der Waals surface area contributed by atoms with Crippen LogP contribution in [-0.2, 0) is 32.5 Å². The molecule has 0 amide bonds. The van der Waals surface area contributed by atoms with Gasteiger partial charge < -0.3 is 14.6 Å². The van der Waals surface area contributed by atoms with Gasteiger partial charge in [-0.25, -0.2) is 0 Å². The van der Waals surface area contributed by atoms with E-state index in [0.29, 0.717) is 0 Å². The number of rotatable bonds is 6. The molecular formula is C81H78BN3. The van der Waals surface area contributed by atoms with Gasteiger partial charge in [0.15, 0.2) is 0 Å². The molecule has 420 valence electrons. The van der Waals surface area contributed by atoms with Crippen LogP contribution in [0.4, 0.5) is 45.5 Å². The van der Waals surface area contributed by atoms with E-state index in [2.05, 4.69) is 317 Å². The molecule has 5 aliphatic rings. The maximum atomic E-state index is 2.84. The quantitative estimate of drug-likeness (QED) is 0.154. The maximum Gasteiger partial charge on any atom is 0.333 e. The molecule has 85 heavy (non-hydrogen) atoms. The van der Waals surface area contributed by atoms with E-state index >= 15 is 0 Å². The van der Waals surface area contributed by atoms with E-state index in [1.165, 1.54) is 129 Å². The van der Waals surface area contributed by atoms with Gasteiger partial charge in [-0.1, -0.05) is 241 Å². The summed E-state index contributed by atoms with van der Waals surface area (Å²) < 4.78 is 0. The minimum Gasteiger partial charge on any atom is -0.376 e. The summed E-state index contributed by atoms with van der Waals surface area (Å²) >= 11 is 0. The van der Waals surface area contributed by atoms with Gasteiger partial charge in [-0.3, -0.25) is 0 Å². The molecule has 3 heterocycles. The third kappa shape index (κ3) is 7.65. The van der Waals surface area contributed by atoms with Crippen molar-refractivity contribution < 1.29 is 0 Å². The summed E-state index contributed by atoms with van der Waals surface area (Å²) in [5, 5.41) is 0. The largest absolute Gasteiger partial charge is 0.376 e. The van der Waals surface area contributed by atoms with Crippen LogP contribution >= 0.6 is 0 Å². The predicted octanol–water partition coefficient (Wildman–Crippen LogP) is 20.1. The number of anilines is 8. The molecule has 0 spiro atoms. The van der Waals surface area contributed by atoms with Crippen LogP contribution in [0.3, 0.4) is 0 Å². The smallest absolute Gasteiger partial charge is 0.333 e. The van der Waals surface area contributed by atoms with Crippen molar-refractivity contribution in [2.45, 2.75) is 135 Å². The Morgan fingerprint density at radius 3 is 1.56 bits per heavy atom. The fourth-order valence-corrected chi connectivity index (χ4v) is 16.2. The van der Waals surface area contributed by atoms with Gasteiger partial charge in [-0.15, -0.1) is 0 Å². The average molecular weight is 1100 g/mol. The van der Waals surface area contributed by atoms with E-state index in [1.54, 1.807) is 0 Å². The lowest BCUT2D eigenvalue weighted by Gasteiger charge is -2.53. The molecule has 4 heteroatoms. The van der Waals surface area contributed by atoms with Gasteiger partial charge in [0.25, 0.3) is 0 Å². The third-order valence-electron chi connectivity index (χ3n) is 20.8. The van der Waals surface area contributed by atoms with E-state index in [4.69, 9.17) is 0 Å². The molecule has 10 aromatic rings. The molecule has 3 nitrogen and oxygen atoms in total. The van der Waals surface area contributed by atoms with Crippen LogP contribution in [0.5, 0.6) is 0 Å². The molecule has 0 fully saturated rings. The number of para-hydroxylation sites is 2. The van der Waals surface area contributed by atoms with Crippen LogP contribution in [0.25, 0.3) is 22.3 Å². The lowest BCUT2D eigenvalue weighted by Crippen LogP contribution is -2.63. The number of nitrogens with zero attached hydrogens (tertiary/aromatic N) is 3. The fraction of sp³-hybridized carbons (Fsp3) is 0.259. The lowest BCUT2D eigenvalue weighted by molar-refractivity contribution is 0.332. The van der Waals surface area contributed by atoms with Gasteiger partial charge in [-0.05, 0) is 185 Å². The lowest BCUT2D eigenvalue weighted by atomic mass is 9.42. The topological polar surface area (TPSA) is 9.72 Å². The molecule has 15 rings (SSSR count). The molecule has 0 unspecified atom stereocenters. The summed E-state index contributed by atoms with van der Waals surface area (Å²) in [4.78, 5) is 8.10. The van der Waals surface area contributed by atoms with Crippen LogP contribution in [0.2, 0.25) is 0 Å². The summed E-state index contributed by atoms with van der Waals surface area (Å²) in [7, 11) is 0. The number of fused-ring (bicyclic) bond motifs is 11. The minimum absolute atomic E-state index is 0.00492. The number of aryl methyl sites for hydroxylation is 1. The Kier molecular flexibility index (Phi) is 11.5. The standard InChI is InChI=1S/C81H78BN3/c1-51-47-65-66(79(10,11)46-45-78(65,8)9)50-70(51)85-69-44-43-60-59-29-20-21-30-62(59)80(12,13)73(60)72(69)61-48-58(83(56-39-35-52(36-40-56)76(2,3)4)57-41-37-53(38-42-57)77(5,6)7)49-71-74(61)82(85)67-33-24-32-64-75(67)84(71)68-34-23-22-31-63(68)81(64,54-25-16-14-17-26-54)55-27-18-15-19-28-55/h14-44,47-50H,45-46H2,1-13H3. The van der Waals surface area contributed by atoms with Gasteiger partial charge in [-0.2, -0.15) is 0 Å². The Bertz CT molecular complexity index is 4260. The van der Waals surface area contributed by atoms with Gasteiger partial charge in [0.1, 0.15) is 0 Å². The van der Waals surface area contributed by atoms with Gasteiger partial charge >= 0.3 is 6.85 Å². The summed E-state index contributed by atoms with van der Waals surface area (Å²) in [6.07, 6.45) is 2.31. The van der Waals surface area contributed by atoms with Crippen LogP contribution in [0.1, 0.15) is 157 Å². The highest BCUT2D eigenvalue weighted by Crippen LogP contribution is 2.63. The zero-order valence-electron chi connectivity index (χ0n) is 52.0. The first kappa shape index (κ1) is 53.4. The molecule has 0 radical (unpaired) electrons. The van der Waals surface area contributed by atoms with Crippen molar-refractivity contribution in [2.75, 3.05) is 14.6 Å². The second-order valence-electron chi connectivity index (χ2n) is 29.2. The number of hydrogen-bond acceptors (Lipinski definition) is 3. The highest BCUT2D eigenvalue weighted by molar-refractivity contribution is 6.93. The van der Waals surface area contributed by atoms with E-state index in [1.807, 2.05) is 0 Å². The second-order valence-corrected chi connectivity index (χ2v) is 29.2. The molecule has 2 aliphatic carbocycles. The zero-order valence-corrected chi connectivity index (χ0v) is 52.0. The minimum atomic E-state index is -0.653. The van der Waals surface area contributed by atoms with Crippen molar-refractivity contribution in [3.8, 4) is 22.3 Å². The Morgan fingerprint density at radius 2 is 0.965 bits per heavy atom. The summed E-state index contributed by atoms with van der Waals surface area (Å²) in [5.74, 6) is 0. The molecule has 3 aliphatic heterocycles. The van der Waals surface area contributed by atoms with Crippen molar-refractivity contribution in [1.29, 1.82) is 0 Å². The van der Waals surface area contributed by atoms with Crippen molar-refractivity contribution in [1.82, 2.24) is 0 Å². The molecule has 0 bridgehead atoms. The second kappa shape index (κ2) is 18.3. The summed E-state index contributed by atoms with van der Waals surface area (Å²) in [6, 6.07) is 82.9. The summed E-state index contributed by atoms with van der Waals surface area (Å²) in [5.41, 5.74) is 31.3. The van der Waals surface area contributed by atoms with Crippen LogP contribution in [0, 0.1) is 6.92 Å². The monoisotopic (exact) mass is 1100 g/mol. The van der Waals surface area contributed by atoms with E-state index < -0.39 is 5.41 Å². The van der Waals surface area contributed by atoms with Crippen molar-refractivity contribution in [3.63, 3.8) is 0 Å². The molecule has 0 atom stereocenters. The Morgan fingerprint density at radius 1 is 0.424 bits per heavy atom. The van der Waals surface area contributed by atoms with E-state index in [-0.39, 0.29) is 33.9 Å². The fourth-order valence-electron chi connectivity index (χ4n) is 16.2. The molecule has 10 aromatic carbocycles. The Hall–Kier alpha value is -8.34. The van der Waals surface area contributed by atoms with Gasteiger partial charge in [0.2, 0.25) is 0 Å². The first-order chi connectivity index (χ1) is 40.6. The number of hydrogen-bond donors (Lipinski definition) is 0. The molecule has 0 aromatic heterocycles. The first-order valence-corrected chi connectivity index (χ1v) is 31.2. The molecule has 0 saturated heterocycles. The van der Waals surface area contributed by atoms with E-state index in [0.717, 1.165) is 23.5 Å². The van der Waals surface area contributed by atoms with Crippen LogP contribution in [0.15, 0.2) is 212 Å². The van der Waals surface area contributed by atoms with Crippen LogP contribution < -0.4 is 25.5 Å². The molecule has 0 saturated carbocycles. The molecular weight excluding hydrogens is 1030 g/mol. The third-order valence-corrected chi connectivity index (χ3v) is 20.8. The van der Waals surface area contributed by atoms with Crippen molar-refractivity contribution in [2.24, 2.45) is 0 Å². The first-order valence-electron chi connectivity index (χ1n) is 31.2. The zero-order chi connectivity index (χ0) is 58.9. The normalized spacial score (nSPS) is 16.7. The maximum absolute atomic E-state index is 2.84. The van der Waals surface area contributed by atoms with E-state index in [9.17, 15) is 0 Å². The summed E-state index contributed by atoms with van der Waals surface area (Å²) in [6.45, 7) is 30.9. The van der Waals surface area contributed by atoms with Crippen molar-refractivity contribution in [3.05, 3.63) is 274 Å².